The van der Waals surface area contributed by atoms with Gasteiger partial charge in [0.1, 0.15) is 11.5 Å². The smallest absolute Gasteiger partial charge is 0.270 e. The maximum atomic E-state index is 12.9. The highest BCUT2D eigenvalue weighted by molar-refractivity contribution is 6.05. The van der Waals surface area contributed by atoms with Gasteiger partial charge >= 0.3 is 0 Å². The number of nitrogens with one attached hydrogen (secondary N) is 2. The predicted molar refractivity (Wildman–Crippen MR) is 111 cm³/mol. The highest BCUT2D eigenvalue weighted by Crippen LogP contribution is 2.16. The third-order valence-electron chi connectivity index (χ3n) is 4.26. The SMILES string of the molecule is CN(C)c1ccc(NC(=O)c2ccnc(C(=O)NCc3ccc(F)cc3)c2)cc1. The zero-order valence-electron chi connectivity index (χ0n) is 16.1. The van der Waals surface area contributed by atoms with Crippen LogP contribution in [0.3, 0.4) is 0 Å². The molecule has 0 spiro atoms. The minimum atomic E-state index is -0.417. The van der Waals surface area contributed by atoms with Crippen LogP contribution in [0.2, 0.25) is 0 Å². The molecule has 0 atom stereocenters. The predicted octanol–water partition coefficient (Wildman–Crippen LogP) is 3.47. The number of nitrogens with zero attached hydrogens (tertiary/aromatic N) is 2. The molecule has 3 rings (SSSR count). The van der Waals surface area contributed by atoms with Gasteiger partial charge in [0.2, 0.25) is 0 Å². The summed E-state index contributed by atoms with van der Waals surface area (Å²) in [6.07, 6.45) is 1.41. The molecule has 0 aliphatic carbocycles. The topological polar surface area (TPSA) is 74.3 Å². The van der Waals surface area contributed by atoms with Crippen LogP contribution in [0.15, 0.2) is 66.9 Å². The van der Waals surface area contributed by atoms with Crippen molar-refractivity contribution >= 4 is 23.2 Å². The molecular formula is C22H21FN4O2. The number of amides is 2. The van der Waals surface area contributed by atoms with Crippen LogP contribution in [0.5, 0.6) is 0 Å². The Bertz CT molecular complexity index is 1000. The van der Waals surface area contributed by atoms with E-state index in [0.29, 0.717) is 11.3 Å². The third kappa shape index (κ3) is 5.38. The maximum absolute atomic E-state index is 12.9. The molecule has 0 fully saturated rings. The van der Waals surface area contributed by atoms with Crippen molar-refractivity contribution in [1.82, 2.24) is 10.3 Å². The molecule has 0 saturated heterocycles. The van der Waals surface area contributed by atoms with Crippen LogP contribution < -0.4 is 15.5 Å². The quantitative estimate of drug-likeness (QED) is 0.674. The Morgan fingerprint density at radius 1 is 0.966 bits per heavy atom. The Labute approximate surface area is 168 Å². The van der Waals surface area contributed by atoms with Crippen LogP contribution in [0.25, 0.3) is 0 Å². The van der Waals surface area contributed by atoms with E-state index in [1.807, 2.05) is 43.3 Å². The summed E-state index contributed by atoms with van der Waals surface area (Å²) < 4.78 is 12.9. The number of rotatable bonds is 6. The van der Waals surface area contributed by atoms with Gasteiger partial charge in [-0.05, 0) is 54.1 Å². The molecule has 0 radical (unpaired) electrons. The average molecular weight is 392 g/mol. The number of aromatic nitrogens is 1. The van der Waals surface area contributed by atoms with Crippen LogP contribution >= 0.6 is 0 Å². The normalized spacial score (nSPS) is 10.3. The Morgan fingerprint density at radius 2 is 1.66 bits per heavy atom. The monoisotopic (exact) mass is 392 g/mol. The minimum Gasteiger partial charge on any atom is -0.378 e. The van der Waals surface area contributed by atoms with Crippen molar-refractivity contribution in [3.8, 4) is 0 Å². The van der Waals surface area contributed by atoms with Crippen molar-refractivity contribution in [2.45, 2.75) is 6.54 Å². The second kappa shape index (κ2) is 8.97. The van der Waals surface area contributed by atoms with Gasteiger partial charge in [-0.1, -0.05) is 12.1 Å². The lowest BCUT2D eigenvalue weighted by Gasteiger charge is -2.13. The average Bonchev–Trinajstić information content (AvgIpc) is 2.73. The molecule has 0 unspecified atom stereocenters. The molecule has 1 aromatic heterocycles. The first kappa shape index (κ1) is 20.0. The summed E-state index contributed by atoms with van der Waals surface area (Å²) in [7, 11) is 3.88. The lowest BCUT2D eigenvalue weighted by atomic mass is 10.2. The first-order chi connectivity index (χ1) is 13.9. The fourth-order valence-electron chi connectivity index (χ4n) is 2.62. The lowest BCUT2D eigenvalue weighted by molar-refractivity contribution is 0.0946. The van der Waals surface area contributed by atoms with Gasteiger partial charge in [0.15, 0.2) is 0 Å². The number of carbonyl (C=O) groups is 2. The van der Waals surface area contributed by atoms with Crippen LogP contribution in [-0.2, 0) is 6.54 Å². The van der Waals surface area contributed by atoms with Crippen LogP contribution in [0.4, 0.5) is 15.8 Å². The Morgan fingerprint density at radius 3 is 2.31 bits per heavy atom. The Balaban J connectivity index is 1.63. The van der Waals surface area contributed by atoms with Crippen molar-refractivity contribution < 1.29 is 14.0 Å². The first-order valence-corrected chi connectivity index (χ1v) is 9.00. The van der Waals surface area contributed by atoms with E-state index >= 15 is 0 Å². The maximum Gasteiger partial charge on any atom is 0.270 e. The molecular weight excluding hydrogens is 371 g/mol. The van der Waals surface area contributed by atoms with Gasteiger partial charge in [-0.25, -0.2) is 4.39 Å². The zero-order valence-corrected chi connectivity index (χ0v) is 16.1. The summed E-state index contributed by atoms with van der Waals surface area (Å²) in [5.74, 6) is -1.09. The van der Waals surface area contributed by atoms with Gasteiger partial charge in [-0.3, -0.25) is 14.6 Å². The van der Waals surface area contributed by atoms with E-state index in [1.54, 1.807) is 18.2 Å². The standard InChI is InChI=1S/C22H21FN4O2/c1-27(2)19-9-7-18(8-10-19)26-21(28)16-11-12-24-20(13-16)22(29)25-14-15-3-5-17(23)6-4-15/h3-13H,14H2,1-2H3,(H,25,29)(H,26,28). The lowest BCUT2D eigenvalue weighted by Crippen LogP contribution is -2.24. The largest absolute Gasteiger partial charge is 0.378 e. The molecule has 0 saturated carbocycles. The van der Waals surface area contributed by atoms with Crippen molar-refractivity contribution in [2.75, 3.05) is 24.3 Å². The van der Waals surface area contributed by atoms with Crippen molar-refractivity contribution in [2.24, 2.45) is 0 Å². The first-order valence-electron chi connectivity index (χ1n) is 9.00. The molecule has 0 aliphatic heterocycles. The number of hydrogen-bond donors (Lipinski definition) is 2. The van der Waals surface area contributed by atoms with Crippen LogP contribution in [0.1, 0.15) is 26.4 Å². The highest BCUT2D eigenvalue weighted by atomic mass is 19.1. The molecule has 0 bridgehead atoms. The Kier molecular flexibility index (Phi) is 6.19. The molecule has 2 amide bonds. The number of pyridine rings is 1. The van der Waals surface area contributed by atoms with E-state index < -0.39 is 5.91 Å². The number of carbonyl (C=O) groups excluding carboxylic acids is 2. The Hall–Kier alpha value is -3.74. The van der Waals surface area contributed by atoms with Crippen molar-refractivity contribution in [3.63, 3.8) is 0 Å². The van der Waals surface area contributed by atoms with E-state index in [2.05, 4.69) is 15.6 Å². The van der Waals surface area contributed by atoms with Gasteiger partial charge in [-0.2, -0.15) is 0 Å². The van der Waals surface area contributed by atoms with Gasteiger partial charge in [0.05, 0.1) is 0 Å². The molecule has 7 heteroatoms. The summed E-state index contributed by atoms with van der Waals surface area (Å²) in [6.45, 7) is 0.232. The summed E-state index contributed by atoms with van der Waals surface area (Å²) in [6, 6.07) is 16.2. The minimum absolute atomic E-state index is 0.128. The number of halogens is 1. The molecule has 1 heterocycles. The molecule has 29 heavy (non-hydrogen) atoms. The summed E-state index contributed by atoms with van der Waals surface area (Å²) in [5, 5.41) is 5.51. The second-order valence-corrected chi connectivity index (χ2v) is 6.63. The highest BCUT2D eigenvalue weighted by Gasteiger charge is 2.12. The second-order valence-electron chi connectivity index (χ2n) is 6.63. The van der Waals surface area contributed by atoms with Gasteiger partial charge in [0, 0.05) is 43.8 Å². The third-order valence-corrected chi connectivity index (χ3v) is 4.26. The molecule has 2 aromatic carbocycles. The van der Waals surface area contributed by atoms with Crippen molar-refractivity contribution in [1.29, 1.82) is 0 Å². The van der Waals surface area contributed by atoms with Gasteiger partial charge < -0.3 is 15.5 Å². The number of benzene rings is 2. The van der Waals surface area contributed by atoms with Crippen molar-refractivity contribution in [3.05, 3.63) is 89.5 Å². The van der Waals surface area contributed by atoms with Crippen LogP contribution in [-0.4, -0.2) is 30.9 Å². The van der Waals surface area contributed by atoms with E-state index in [-0.39, 0.29) is 24.0 Å². The number of hydrogen-bond acceptors (Lipinski definition) is 4. The van der Waals surface area contributed by atoms with E-state index in [1.165, 1.54) is 24.4 Å². The van der Waals surface area contributed by atoms with Crippen LogP contribution in [0, 0.1) is 5.82 Å². The van der Waals surface area contributed by atoms with E-state index in [9.17, 15) is 14.0 Å². The van der Waals surface area contributed by atoms with E-state index in [4.69, 9.17) is 0 Å². The fraction of sp³-hybridized carbons (Fsp3) is 0.136. The molecule has 148 valence electrons. The number of anilines is 2. The summed E-state index contributed by atoms with van der Waals surface area (Å²) >= 11 is 0. The molecule has 2 N–H and O–H groups in total. The van der Waals surface area contributed by atoms with Gasteiger partial charge in [-0.15, -0.1) is 0 Å². The van der Waals surface area contributed by atoms with E-state index in [0.717, 1.165) is 11.3 Å². The van der Waals surface area contributed by atoms with Gasteiger partial charge in [0.25, 0.3) is 11.8 Å². The summed E-state index contributed by atoms with van der Waals surface area (Å²) in [4.78, 5) is 30.8. The summed E-state index contributed by atoms with van der Waals surface area (Å²) in [5.41, 5.74) is 2.88. The fourth-order valence-corrected chi connectivity index (χ4v) is 2.62. The zero-order chi connectivity index (χ0) is 20.8. The molecule has 0 aliphatic rings. The molecule has 3 aromatic rings. The molecule has 6 nitrogen and oxygen atoms in total.